The van der Waals surface area contributed by atoms with Crippen molar-refractivity contribution in [3.05, 3.63) is 28.8 Å². The van der Waals surface area contributed by atoms with E-state index < -0.39 is 0 Å². The van der Waals surface area contributed by atoms with E-state index in [2.05, 4.69) is 4.98 Å². The molecule has 0 aliphatic heterocycles. The fourth-order valence-corrected chi connectivity index (χ4v) is 2.37. The molecule has 84 valence electrons. The Hall–Kier alpha value is -1.16. The van der Waals surface area contributed by atoms with E-state index in [-0.39, 0.29) is 5.82 Å². The van der Waals surface area contributed by atoms with E-state index >= 15 is 0 Å². The Kier molecular flexibility index (Phi) is 2.32. The molecule has 1 saturated carbocycles. The number of aromatic nitrogens is 2. The van der Waals surface area contributed by atoms with Gasteiger partial charge in [0.1, 0.15) is 5.82 Å². The second-order valence-electron chi connectivity index (χ2n) is 4.48. The van der Waals surface area contributed by atoms with Crippen molar-refractivity contribution in [2.45, 2.75) is 25.8 Å². The van der Waals surface area contributed by atoms with Crippen molar-refractivity contribution in [2.24, 2.45) is 5.92 Å². The van der Waals surface area contributed by atoms with Crippen LogP contribution in [0.2, 0.25) is 0 Å². The van der Waals surface area contributed by atoms with Crippen molar-refractivity contribution in [3.8, 4) is 0 Å². The van der Waals surface area contributed by atoms with Crippen LogP contribution in [0.25, 0.3) is 11.0 Å². The Labute approximate surface area is 98.1 Å². The minimum Gasteiger partial charge on any atom is -0.331 e. The molecule has 1 heterocycles. The largest absolute Gasteiger partial charge is 0.331 e. The Morgan fingerprint density at radius 1 is 1.44 bits per heavy atom. The van der Waals surface area contributed by atoms with Crippen molar-refractivity contribution in [3.63, 3.8) is 0 Å². The highest BCUT2D eigenvalue weighted by atomic mass is 32.1. The smallest absolute Gasteiger partial charge is 0.178 e. The van der Waals surface area contributed by atoms with Crippen LogP contribution >= 0.6 is 12.2 Å². The summed E-state index contributed by atoms with van der Waals surface area (Å²) in [6.45, 7) is 0.896. The molecule has 0 radical (unpaired) electrons. The molecule has 16 heavy (non-hydrogen) atoms. The quantitative estimate of drug-likeness (QED) is 0.807. The SMILES string of the molecule is Fc1ccc2[nH]c(=S)n(CCC3CC3)c2c1. The standard InChI is InChI=1S/C12H13FN2S/c13-9-3-4-10-11(7-9)15(12(16)14-10)6-5-8-1-2-8/h3-4,7-8H,1-2,5-6H2,(H,14,16). The molecule has 0 unspecified atom stereocenters. The summed E-state index contributed by atoms with van der Waals surface area (Å²) in [5, 5.41) is 0. The Morgan fingerprint density at radius 2 is 2.25 bits per heavy atom. The van der Waals surface area contributed by atoms with Gasteiger partial charge in [0.15, 0.2) is 4.77 Å². The van der Waals surface area contributed by atoms with Crippen LogP contribution in [0, 0.1) is 16.5 Å². The number of aryl methyl sites for hydroxylation is 1. The maximum Gasteiger partial charge on any atom is 0.178 e. The summed E-state index contributed by atoms with van der Waals surface area (Å²) in [5.41, 5.74) is 1.80. The first-order valence-electron chi connectivity index (χ1n) is 5.62. The molecule has 0 saturated heterocycles. The second-order valence-corrected chi connectivity index (χ2v) is 4.86. The molecule has 3 rings (SSSR count). The van der Waals surface area contributed by atoms with Crippen LogP contribution in [0.1, 0.15) is 19.3 Å². The zero-order valence-corrected chi connectivity index (χ0v) is 9.69. The summed E-state index contributed by atoms with van der Waals surface area (Å²) < 4.78 is 15.9. The number of benzene rings is 1. The molecule has 2 aromatic rings. The molecule has 1 aliphatic rings. The molecule has 0 bridgehead atoms. The summed E-state index contributed by atoms with van der Waals surface area (Å²) >= 11 is 5.25. The lowest BCUT2D eigenvalue weighted by atomic mass is 10.2. The van der Waals surface area contributed by atoms with Crippen molar-refractivity contribution in [1.82, 2.24) is 9.55 Å². The molecule has 1 aromatic carbocycles. The zero-order valence-electron chi connectivity index (χ0n) is 8.87. The second kappa shape index (κ2) is 3.70. The number of fused-ring (bicyclic) bond motifs is 1. The fourth-order valence-electron chi connectivity index (χ4n) is 2.07. The number of hydrogen-bond donors (Lipinski definition) is 1. The molecule has 0 atom stereocenters. The van der Waals surface area contributed by atoms with Gasteiger partial charge in [-0.3, -0.25) is 0 Å². The van der Waals surface area contributed by atoms with Gasteiger partial charge < -0.3 is 9.55 Å². The molecule has 1 fully saturated rings. The number of H-pyrrole nitrogens is 1. The van der Waals surface area contributed by atoms with Gasteiger partial charge in [0.05, 0.1) is 11.0 Å². The number of halogens is 1. The normalized spacial score (nSPS) is 15.8. The highest BCUT2D eigenvalue weighted by Crippen LogP contribution is 2.33. The Morgan fingerprint density at radius 3 is 3.00 bits per heavy atom. The van der Waals surface area contributed by atoms with E-state index in [0.29, 0.717) is 4.77 Å². The van der Waals surface area contributed by atoms with Crippen LogP contribution in [-0.2, 0) is 6.54 Å². The van der Waals surface area contributed by atoms with Gasteiger partial charge in [-0.1, -0.05) is 12.8 Å². The van der Waals surface area contributed by atoms with E-state index in [0.717, 1.165) is 29.9 Å². The maximum atomic E-state index is 13.2. The van der Waals surface area contributed by atoms with E-state index in [1.807, 2.05) is 4.57 Å². The van der Waals surface area contributed by atoms with Gasteiger partial charge in [-0.05, 0) is 42.8 Å². The highest BCUT2D eigenvalue weighted by molar-refractivity contribution is 7.71. The van der Waals surface area contributed by atoms with Gasteiger partial charge in [-0.2, -0.15) is 0 Å². The molecule has 4 heteroatoms. The van der Waals surface area contributed by atoms with E-state index in [1.54, 1.807) is 12.1 Å². The lowest BCUT2D eigenvalue weighted by molar-refractivity contribution is 0.599. The molecule has 1 N–H and O–H groups in total. The molecule has 1 aliphatic carbocycles. The van der Waals surface area contributed by atoms with Gasteiger partial charge in [0.2, 0.25) is 0 Å². The Bertz CT molecular complexity index is 580. The predicted octanol–water partition coefficient (Wildman–Crippen LogP) is 3.64. The minimum atomic E-state index is -0.207. The van der Waals surface area contributed by atoms with E-state index in [1.165, 1.54) is 18.9 Å². The maximum absolute atomic E-state index is 13.2. The van der Waals surface area contributed by atoms with Gasteiger partial charge in [-0.25, -0.2) is 4.39 Å². The van der Waals surface area contributed by atoms with Crippen LogP contribution in [-0.4, -0.2) is 9.55 Å². The molecule has 1 aromatic heterocycles. The average Bonchev–Trinajstić information content (AvgIpc) is 3.01. The lowest BCUT2D eigenvalue weighted by Gasteiger charge is -2.03. The topological polar surface area (TPSA) is 20.7 Å². The average molecular weight is 236 g/mol. The first-order chi connectivity index (χ1) is 7.74. The van der Waals surface area contributed by atoms with Crippen LogP contribution in [0.5, 0.6) is 0 Å². The molecular formula is C12H13FN2S. The van der Waals surface area contributed by atoms with Crippen molar-refractivity contribution < 1.29 is 4.39 Å². The highest BCUT2D eigenvalue weighted by Gasteiger charge is 2.21. The summed E-state index contributed by atoms with van der Waals surface area (Å²) in [6.07, 6.45) is 3.83. The van der Waals surface area contributed by atoms with Gasteiger partial charge in [-0.15, -0.1) is 0 Å². The number of imidazole rings is 1. The summed E-state index contributed by atoms with van der Waals surface area (Å²) in [4.78, 5) is 3.11. The van der Waals surface area contributed by atoms with Crippen molar-refractivity contribution >= 4 is 23.3 Å². The Balaban J connectivity index is 2.02. The number of nitrogens with one attached hydrogen (secondary N) is 1. The third kappa shape index (κ3) is 1.78. The van der Waals surface area contributed by atoms with Crippen molar-refractivity contribution in [2.75, 3.05) is 0 Å². The van der Waals surface area contributed by atoms with Gasteiger partial charge >= 0.3 is 0 Å². The van der Waals surface area contributed by atoms with Crippen LogP contribution in [0.15, 0.2) is 18.2 Å². The summed E-state index contributed by atoms with van der Waals surface area (Å²) in [6, 6.07) is 4.75. The van der Waals surface area contributed by atoms with Crippen LogP contribution < -0.4 is 0 Å². The summed E-state index contributed by atoms with van der Waals surface area (Å²) in [7, 11) is 0. The third-order valence-electron chi connectivity index (χ3n) is 3.20. The number of aromatic amines is 1. The number of rotatable bonds is 3. The number of nitrogens with zero attached hydrogens (tertiary/aromatic N) is 1. The third-order valence-corrected chi connectivity index (χ3v) is 3.52. The monoisotopic (exact) mass is 236 g/mol. The predicted molar refractivity (Wildman–Crippen MR) is 64.4 cm³/mol. The van der Waals surface area contributed by atoms with Gasteiger partial charge in [0, 0.05) is 6.54 Å². The number of hydrogen-bond acceptors (Lipinski definition) is 1. The molecule has 0 amide bonds. The molecule has 0 spiro atoms. The van der Waals surface area contributed by atoms with E-state index in [9.17, 15) is 4.39 Å². The van der Waals surface area contributed by atoms with Crippen molar-refractivity contribution in [1.29, 1.82) is 0 Å². The van der Waals surface area contributed by atoms with Gasteiger partial charge in [0.25, 0.3) is 0 Å². The molecular weight excluding hydrogens is 223 g/mol. The first kappa shape index (κ1) is 10.0. The van der Waals surface area contributed by atoms with Crippen LogP contribution in [0.3, 0.4) is 0 Å². The molecule has 2 nitrogen and oxygen atoms in total. The fraction of sp³-hybridized carbons (Fsp3) is 0.417. The van der Waals surface area contributed by atoms with E-state index in [4.69, 9.17) is 12.2 Å². The lowest BCUT2D eigenvalue weighted by Crippen LogP contribution is -1.98. The minimum absolute atomic E-state index is 0.207. The first-order valence-corrected chi connectivity index (χ1v) is 6.03. The van der Waals surface area contributed by atoms with Crippen LogP contribution in [0.4, 0.5) is 4.39 Å². The summed E-state index contributed by atoms with van der Waals surface area (Å²) in [5.74, 6) is 0.655. The zero-order chi connectivity index (χ0) is 11.1.